The number of allylic oxidation sites excluding steroid dienone is 11. The van der Waals surface area contributed by atoms with Crippen molar-refractivity contribution in [3.8, 4) is 0 Å². The van der Waals surface area contributed by atoms with Crippen molar-refractivity contribution in [3.05, 3.63) is 207 Å². The molecule has 0 amide bonds. The summed E-state index contributed by atoms with van der Waals surface area (Å²) in [6, 6.07) is 38.3. The lowest BCUT2D eigenvalue weighted by Gasteiger charge is -2.33. The van der Waals surface area contributed by atoms with E-state index < -0.39 is 0 Å². The summed E-state index contributed by atoms with van der Waals surface area (Å²) < 4.78 is 2.52. The average molecular weight is 724 g/mol. The van der Waals surface area contributed by atoms with Crippen LogP contribution in [0.25, 0.3) is 34.3 Å². The lowest BCUT2D eigenvalue weighted by atomic mass is 9.86. The van der Waals surface area contributed by atoms with E-state index in [4.69, 9.17) is 4.99 Å². The van der Waals surface area contributed by atoms with Gasteiger partial charge in [0.15, 0.2) is 0 Å². The van der Waals surface area contributed by atoms with Crippen LogP contribution in [-0.4, -0.2) is 16.3 Å². The van der Waals surface area contributed by atoms with Crippen LogP contribution in [0.4, 0.5) is 5.69 Å². The second-order valence-electron chi connectivity index (χ2n) is 16.0. The smallest absolute Gasteiger partial charge is 0.0796 e. The van der Waals surface area contributed by atoms with Crippen LogP contribution in [0, 0.1) is 0 Å². The first-order valence-corrected chi connectivity index (χ1v) is 20.5. The topological polar surface area (TPSA) is 20.5 Å². The predicted molar refractivity (Wildman–Crippen MR) is 235 cm³/mol. The van der Waals surface area contributed by atoms with Crippen LogP contribution < -0.4 is 15.5 Å². The maximum absolute atomic E-state index is 5.27. The number of para-hydroxylation sites is 1. The van der Waals surface area contributed by atoms with Crippen molar-refractivity contribution < 1.29 is 0 Å². The molecule has 3 atom stereocenters. The van der Waals surface area contributed by atoms with Crippen molar-refractivity contribution in [3.63, 3.8) is 0 Å². The molecule has 0 spiro atoms. The van der Waals surface area contributed by atoms with Gasteiger partial charge in [0, 0.05) is 44.5 Å². The molecule has 0 bridgehead atoms. The van der Waals surface area contributed by atoms with Crippen LogP contribution in [0.2, 0.25) is 0 Å². The highest BCUT2D eigenvalue weighted by molar-refractivity contribution is 6.10. The quantitative estimate of drug-likeness (QED) is 0.171. The number of hydrogen-bond donors (Lipinski definition) is 0. The molecular weight excluding hydrogens is 679 g/mol. The summed E-state index contributed by atoms with van der Waals surface area (Å²) in [5, 5.41) is 4.09. The molecule has 0 N–H and O–H groups in total. The maximum Gasteiger partial charge on any atom is 0.0796 e. The summed E-state index contributed by atoms with van der Waals surface area (Å²) in [6.45, 7) is 0. The van der Waals surface area contributed by atoms with Crippen molar-refractivity contribution in [1.29, 1.82) is 0 Å². The second-order valence-corrected chi connectivity index (χ2v) is 16.0. The minimum Gasteiger partial charge on any atom is -0.337 e. The largest absolute Gasteiger partial charge is 0.337 e. The molecule has 3 heteroatoms. The Labute approximate surface area is 329 Å². The Morgan fingerprint density at radius 2 is 1.50 bits per heavy atom. The molecule has 0 fully saturated rings. The number of nitrogens with zero attached hydrogens (tertiary/aromatic N) is 3. The highest BCUT2D eigenvalue weighted by Crippen LogP contribution is 2.48. The Kier molecular flexibility index (Phi) is 8.19. The number of aliphatic imine (C=N–C) groups is 1. The molecule has 5 aromatic rings. The van der Waals surface area contributed by atoms with Gasteiger partial charge in [-0.15, -0.1) is 0 Å². The monoisotopic (exact) mass is 723 g/mol. The Hall–Kier alpha value is -6.19. The molecule has 6 aliphatic rings. The van der Waals surface area contributed by atoms with Gasteiger partial charge in [0.25, 0.3) is 0 Å². The SMILES string of the molecule is C1=CCCC(n2c3c(c4ccccc42)=CC(c2ccc4c(c2)C2=CC=CCC2N4C2=CC=C(C4=CC(c5ccccc5)=NC(c5ccccc5)C4)CC2)CC=3)=C1. The number of fused-ring (bicyclic) bond motifs is 6. The molecule has 3 heterocycles. The van der Waals surface area contributed by atoms with Crippen LogP contribution in [0.3, 0.4) is 0 Å². The second kappa shape index (κ2) is 13.8. The summed E-state index contributed by atoms with van der Waals surface area (Å²) in [7, 11) is 0. The van der Waals surface area contributed by atoms with E-state index in [0.29, 0.717) is 12.0 Å². The van der Waals surface area contributed by atoms with Crippen LogP contribution in [-0.2, 0) is 0 Å². The molecule has 4 aromatic carbocycles. The zero-order valence-electron chi connectivity index (χ0n) is 31.7. The van der Waals surface area contributed by atoms with Gasteiger partial charge in [-0.1, -0.05) is 134 Å². The van der Waals surface area contributed by atoms with Crippen molar-refractivity contribution in [2.75, 3.05) is 4.90 Å². The summed E-state index contributed by atoms with van der Waals surface area (Å²) in [5.74, 6) is 0.340. The van der Waals surface area contributed by atoms with E-state index in [0.717, 1.165) is 50.7 Å². The number of benzene rings is 4. The van der Waals surface area contributed by atoms with Crippen LogP contribution in [0.1, 0.15) is 79.2 Å². The van der Waals surface area contributed by atoms with E-state index in [1.807, 2.05) is 0 Å². The Morgan fingerprint density at radius 1 is 0.661 bits per heavy atom. The summed E-state index contributed by atoms with van der Waals surface area (Å²) >= 11 is 0. The Morgan fingerprint density at radius 3 is 2.34 bits per heavy atom. The third-order valence-electron chi connectivity index (χ3n) is 12.7. The minimum absolute atomic E-state index is 0.120. The van der Waals surface area contributed by atoms with Crippen LogP contribution in [0.15, 0.2) is 180 Å². The van der Waals surface area contributed by atoms with Gasteiger partial charge in [-0.3, -0.25) is 4.99 Å². The number of dihydropyridines is 1. The molecular formula is C53H45N3. The van der Waals surface area contributed by atoms with Crippen LogP contribution in [0.5, 0.6) is 0 Å². The molecule has 0 saturated carbocycles. The molecule has 4 aliphatic carbocycles. The lowest BCUT2D eigenvalue weighted by molar-refractivity contribution is 0.698. The van der Waals surface area contributed by atoms with Gasteiger partial charge in [-0.2, -0.15) is 0 Å². The summed E-state index contributed by atoms with van der Waals surface area (Å²) in [5.41, 5.74) is 16.1. The standard InChI is InChI=1S/C53H45N3/c1-4-14-37(15-5-1)48-34-41(35-49(54-48)38-16-6-2-7-17-38)36-24-28-43(29-25-36)56-51-23-13-11-21-45(51)47-33-40(27-31-53(47)56)39-26-30-52-46(32-39)44-20-10-12-22-50(44)55(52)42-18-8-3-9-19-42/h1-8,10-18,20-22,24,27-28,30-34,39,49,51H,9,19,23,25-26,29,35H2. The number of rotatable bonds is 6. The normalized spacial score (nSPS) is 22.4. The van der Waals surface area contributed by atoms with Gasteiger partial charge < -0.3 is 9.47 Å². The van der Waals surface area contributed by atoms with Gasteiger partial charge in [0.05, 0.1) is 23.3 Å². The highest BCUT2D eigenvalue weighted by Gasteiger charge is 2.37. The zero-order valence-corrected chi connectivity index (χ0v) is 31.7. The molecule has 3 unspecified atom stereocenters. The van der Waals surface area contributed by atoms with Gasteiger partial charge >= 0.3 is 0 Å². The van der Waals surface area contributed by atoms with E-state index in [2.05, 4.69) is 179 Å². The van der Waals surface area contributed by atoms with E-state index in [1.54, 1.807) is 0 Å². The van der Waals surface area contributed by atoms with Gasteiger partial charge in [0.1, 0.15) is 0 Å². The Bertz CT molecular complexity index is 2780. The van der Waals surface area contributed by atoms with E-state index in [-0.39, 0.29) is 6.04 Å². The average Bonchev–Trinajstić information content (AvgIpc) is 3.79. The molecule has 3 nitrogen and oxygen atoms in total. The minimum atomic E-state index is 0.120. The summed E-state index contributed by atoms with van der Waals surface area (Å²) in [4.78, 5) is 7.93. The van der Waals surface area contributed by atoms with Crippen molar-refractivity contribution >= 4 is 45.7 Å². The third kappa shape index (κ3) is 5.68. The van der Waals surface area contributed by atoms with E-state index in [1.165, 1.54) is 77.5 Å². The van der Waals surface area contributed by atoms with Crippen molar-refractivity contribution in [1.82, 2.24) is 4.57 Å². The van der Waals surface area contributed by atoms with Crippen LogP contribution >= 0.6 is 0 Å². The van der Waals surface area contributed by atoms with E-state index >= 15 is 0 Å². The maximum atomic E-state index is 5.27. The lowest BCUT2D eigenvalue weighted by Crippen LogP contribution is -2.32. The molecule has 0 radical (unpaired) electrons. The fourth-order valence-electron chi connectivity index (χ4n) is 10.0. The van der Waals surface area contributed by atoms with Crippen molar-refractivity contribution in [2.24, 2.45) is 4.99 Å². The molecule has 2 aliphatic heterocycles. The number of hydrogen-bond acceptors (Lipinski definition) is 2. The molecule has 0 saturated heterocycles. The first-order valence-electron chi connectivity index (χ1n) is 20.5. The third-order valence-corrected chi connectivity index (χ3v) is 12.7. The molecule has 272 valence electrons. The first-order chi connectivity index (χ1) is 27.8. The Balaban J connectivity index is 0.927. The van der Waals surface area contributed by atoms with E-state index in [9.17, 15) is 0 Å². The van der Waals surface area contributed by atoms with Crippen molar-refractivity contribution in [2.45, 2.75) is 62.9 Å². The fraction of sp³-hybridized carbons (Fsp3) is 0.189. The highest BCUT2D eigenvalue weighted by atomic mass is 15.2. The molecule has 11 rings (SSSR count). The molecule has 56 heavy (non-hydrogen) atoms. The van der Waals surface area contributed by atoms with Gasteiger partial charge in [0.2, 0.25) is 0 Å². The number of aromatic nitrogens is 1. The van der Waals surface area contributed by atoms with Gasteiger partial charge in [-0.25, -0.2) is 0 Å². The summed E-state index contributed by atoms with van der Waals surface area (Å²) in [6.07, 6.45) is 33.2. The predicted octanol–water partition coefficient (Wildman–Crippen LogP) is 11.3. The fourth-order valence-corrected chi connectivity index (χ4v) is 10.0. The van der Waals surface area contributed by atoms with Gasteiger partial charge in [-0.05, 0) is 115 Å². The number of anilines is 1. The zero-order chi connectivity index (χ0) is 37.0. The molecule has 1 aromatic heterocycles. The first kappa shape index (κ1) is 33.2.